The molecule has 2 saturated heterocycles. The number of methoxy groups -OCH3 is 1. The van der Waals surface area contributed by atoms with Gasteiger partial charge in [-0.15, -0.1) is 0 Å². The predicted molar refractivity (Wildman–Crippen MR) is 169 cm³/mol. The lowest BCUT2D eigenvalue weighted by molar-refractivity contribution is -0.122. The van der Waals surface area contributed by atoms with Gasteiger partial charge in [-0.25, -0.2) is 0 Å². The number of carbonyl (C=O) groups is 1. The largest absolute Gasteiger partial charge is 0.497 e. The summed E-state index contributed by atoms with van der Waals surface area (Å²) >= 11 is 6.85. The minimum Gasteiger partial charge on any atom is -0.497 e. The SMILES string of the molecule is COc1ccc(CCN2C(=O)/C(=C/c3c(C)c(C#N)c(=O)n(C)c3N3CCN(c4ccccc4)CC3)SC2=S)cc1. The monoisotopic (exact) mass is 585 g/mol. The minimum atomic E-state index is -0.338. The van der Waals surface area contributed by atoms with E-state index in [1.54, 1.807) is 36.6 Å². The number of amides is 1. The molecule has 41 heavy (non-hydrogen) atoms. The maximum absolute atomic E-state index is 13.5. The molecule has 210 valence electrons. The quantitative estimate of drug-likeness (QED) is 0.299. The Morgan fingerprint density at radius 3 is 2.32 bits per heavy atom. The number of aromatic nitrogens is 1. The fourth-order valence-electron chi connectivity index (χ4n) is 5.27. The van der Waals surface area contributed by atoms with Crippen molar-refractivity contribution in [3.63, 3.8) is 0 Å². The van der Waals surface area contributed by atoms with Crippen molar-refractivity contribution in [1.29, 1.82) is 5.26 Å². The standard InChI is InChI=1S/C31H31N5O3S2/c1-21-25(19-27-30(38)36(31(40)41-27)14-13-22-9-11-24(39-3)12-10-22)28(33(2)29(37)26(21)20-32)35-17-15-34(16-18-35)23-7-5-4-6-8-23/h4-12,19H,13-18H2,1-3H3/b27-19-. The number of rotatable bonds is 7. The van der Waals surface area contributed by atoms with E-state index in [1.807, 2.05) is 42.5 Å². The average Bonchev–Trinajstić information content (AvgIpc) is 3.27. The van der Waals surface area contributed by atoms with E-state index in [9.17, 15) is 14.9 Å². The maximum Gasteiger partial charge on any atom is 0.270 e. The lowest BCUT2D eigenvalue weighted by Crippen LogP contribution is -2.48. The van der Waals surface area contributed by atoms with Crippen molar-refractivity contribution in [3.05, 3.63) is 92.1 Å². The number of piperazine rings is 1. The third-order valence-corrected chi connectivity index (χ3v) is 8.98. The normalized spacial score (nSPS) is 16.4. The van der Waals surface area contributed by atoms with Crippen LogP contribution in [-0.4, -0.2) is 59.5 Å². The first kappa shape index (κ1) is 28.5. The van der Waals surface area contributed by atoms with Crippen LogP contribution in [-0.2, 0) is 18.3 Å². The van der Waals surface area contributed by atoms with E-state index < -0.39 is 0 Å². The second-order valence-electron chi connectivity index (χ2n) is 9.95. The highest BCUT2D eigenvalue weighted by atomic mass is 32.2. The molecule has 10 heteroatoms. The zero-order valence-electron chi connectivity index (χ0n) is 23.3. The molecule has 0 N–H and O–H groups in total. The Kier molecular flexibility index (Phi) is 8.47. The fraction of sp³-hybridized carbons (Fsp3) is 0.290. The molecule has 0 saturated carbocycles. The van der Waals surface area contributed by atoms with Crippen LogP contribution in [0.3, 0.4) is 0 Å². The van der Waals surface area contributed by atoms with Gasteiger partial charge in [0.2, 0.25) is 0 Å². The summed E-state index contributed by atoms with van der Waals surface area (Å²) in [6.07, 6.45) is 2.46. The smallest absolute Gasteiger partial charge is 0.270 e. The van der Waals surface area contributed by atoms with Crippen molar-refractivity contribution in [1.82, 2.24) is 9.47 Å². The molecule has 5 rings (SSSR count). The second kappa shape index (κ2) is 12.2. The number of nitriles is 1. The minimum absolute atomic E-state index is 0.0837. The van der Waals surface area contributed by atoms with E-state index >= 15 is 0 Å². The number of ether oxygens (including phenoxy) is 1. The number of nitrogens with zero attached hydrogens (tertiary/aromatic N) is 5. The number of benzene rings is 2. The van der Waals surface area contributed by atoms with Crippen LogP contribution in [0.5, 0.6) is 5.75 Å². The van der Waals surface area contributed by atoms with Crippen molar-refractivity contribution in [3.8, 4) is 11.8 Å². The van der Waals surface area contributed by atoms with Crippen molar-refractivity contribution in [2.24, 2.45) is 7.05 Å². The van der Waals surface area contributed by atoms with Crippen LogP contribution in [0.15, 0.2) is 64.3 Å². The summed E-state index contributed by atoms with van der Waals surface area (Å²) in [5.74, 6) is 1.33. The van der Waals surface area contributed by atoms with Crippen LogP contribution < -0.4 is 20.1 Å². The Hall–Kier alpha value is -4.07. The molecule has 3 aromatic rings. The van der Waals surface area contributed by atoms with Crippen molar-refractivity contribution in [2.45, 2.75) is 13.3 Å². The van der Waals surface area contributed by atoms with Gasteiger partial charge in [0.05, 0.1) is 12.0 Å². The molecule has 2 aliphatic heterocycles. The summed E-state index contributed by atoms with van der Waals surface area (Å²) in [4.78, 5) is 33.3. The second-order valence-corrected chi connectivity index (χ2v) is 11.6. The highest BCUT2D eigenvalue weighted by Gasteiger charge is 2.33. The lowest BCUT2D eigenvalue weighted by Gasteiger charge is -2.38. The van der Waals surface area contributed by atoms with Gasteiger partial charge in [0.15, 0.2) is 0 Å². The Balaban J connectivity index is 1.43. The Morgan fingerprint density at radius 2 is 1.68 bits per heavy atom. The van der Waals surface area contributed by atoms with Crippen LogP contribution in [0.2, 0.25) is 0 Å². The van der Waals surface area contributed by atoms with E-state index in [1.165, 1.54) is 11.8 Å². The van der Waals surface area contributed by atoms with Gasteiger partial charge in [-0.2, -0.15) is 5.26 Å². The molecule has 0 aliphatic carbocycles. The van der Waals surface area contributed by atoms with Gasteiger partial charge in [-0.05, 0) is 54.8 Å². The van der Waals surface area contributed by atoms with Crippen LogP contribution >= 0.6 is 24.0 Å². The van der Waals surface area contributed by atoms with Gasteiger partial charge in [0.1, 0.15) is 27.5 Å². The lowest BCUT2D eigenvalue weighted by atomic mass is 10.0. The van der Waals surface area contributed by atoms with Crippen molar-refractivity contribution >= 4 is 51.8 Å². The predicted octanol–water partition coefficient (Wildman–Crippen LogP) is 4.34. The van der Waals surface area contributed by atoms with E-state index in [4.69, 9.17) is 17.0 Å². The highest BCUT2D eigenvalue weighted by molar-refractivity contribution is 8.26. The molecule has 2 fully saturated rings. The van der Waals surface area contributed by atoms with E-state index in [-0.39, 0.29) is 17.0 Å². The number of hydrogen-bond acceptors (Lipinski definition) is 8. The van der Waals surface area contributed by atoms with Gasteiger partial charge in [0.25, 0.3) is 11.5 Å². The summed E-state index contributed by atoms with van der Waals surface area (Å²) in [6, 6.07) is 20.1. The van der Waals surface area contributed by atoms with Crippen LogP contribution in [0.25, 0.3) is 6.08 Å². The van der Waals surface area contributed by atoms with Crippen molar-refractivity contribution < 1.29 is 9.53 Å². The number of hydrogen-bond donors (Lipinski definition) is 0. The topological polar surface area (TPSA) is 81.8 Å². The average molecular weight is 586 g/mol. The van der Waals surface area contributed by atoms with E-state index in [0.717, 1.165) is 30.1 Å². The molecule has 3 heterocycles. The summed E-state index contributed by atoms with van der Waals surface area (Å²) in [5.41, 5.74) is 3.26. The third-order valence-electron chi connectivity index (χ3n) is 7.60. The molecular weight excluding hydrogens is 555 g/mol. The number of anilines is 2. The van der Waals surface area contributed by atoms with E-state index in [0.29, 0.717) is 52.2 Å². The van der Waals surface area contributed by atoms with Crippen molar-refractivity contribution in [2.75, 3.05) is 49.6 Å². The molecule has 2 aliphatic rings. The Bertz CT molecular complexity index is 1600. The number of thioether (sulfide) groups is 1. The molecule has 0 radical (unpaired) electrons. The van der Waals surface area contributed by atoms with Gasteiger partial charge in [-0.1, -0.05) is 54.3 Å². The molecule has 8 nitrogen and oxygen atoms in total. The zero-order chi connectivity index (χ0) is 29.1. The summed E-state index contributed by atoms with van der Waals surface area (Å²) < 4.78 is 7.27. The third kappa shape index (κ3) is 5.73. The summed E-state index contributed by atoms with van der Waals surface area (Å²) in [5, 5.41) is 9.80. The zero-order valence-corrected chi connectivity index (χ0v) is 24.9. The Morgan fingerprint density at radius 1 is 1.02 bits per heavy atom. The number of para-hydroxylation sites is 1. The molecular formula is C31H31N5O3S2. The summed E-state index contributed by atoms with van der Waals surface area (Å²) in [6.45, 7) is 5.18. The van der Waals surface area contributed by atoms with Gasteiger partial charge >= 0.3 is 0 Å². The Labute approximate surface area is 249 Å². The molecule has 1 amide bonds. The molecule has 0 unspecified atom stereocenters. The first-order chi connectivity index (χ1) is 19.8. The highest BCUT2D eigenvalue weighted by Crippen LogP contribution is 2.36. The molecule has 0 spiro atoms. The molecule has 1 aromatic heterocycles. The number of thiocarbonyl (C=S) groups is 1. The maximum atomic E-state index is 13.5. The number of pyridine rings is 1. The summed E-state index contributed by atoms with van der Waals surface area (Å²) in [7, 11) is 3.32. The van der Waals surface area contributed by atoms with E-state index in [2.05, 4.69) is 28.0 Å². The fourth-order valence-corrected chi connectivity index (χ4v) is 6.56. The molecule has 0 bridgehead atoms. The van der Waals surface area contributed by atoms with Gasteiger partial charge in [0, 0.05) is 51.0 Å². The first-order valence-electron chi connectivity index (χ1n) is 13.4. The van der Waals surface area contributed by atoms with Gasteiger partial charge in [-0.3, -0.25) is 19.1 Å². The molecule has 0 atom stereocenters. The van der Waals surface area contributed by atoms with Gasteiger partial charge < -0.3 is 14.5 Å². The van der Waals surface area contributed by atoms with Crippen LogP contribution in [0.1, 0.15) is 22.3 Å². The van der Waals surface area contributed by atoms with Crippen LogP contribution in [0.4, 0.5) is 11.5 Å². The number of carbonyl (C=O) groups excluding carboxylic acids is 1. The molecule has 2 aromatic carbocycles. The van der Waals surface area contributed by atoms with Crippen LogP contribution in [0, 0.1) is 18.3 Å². The first-order valence-corrected chi connectivity index (χ1v) is 14.6.